The van der Waals surface area contributed by atoms with Gasteiger partial charge in [0.2, 0.25) is 17.6 Å². The number of likely N-dealkylation sites (tertiary alicyclic amines) is 1. The van der Waals surface area contributed by atoms with Gasteiger partial charge in [-0.3, -0.25) is 9.69 Å². The Bertz CT molecular complexity index is 1070. The molecule has 30 heavy (non-hydrogen) atoms. The van der Waals surface area contributed by atoms with Gasteiger partial charge >= 0.3 is 0 Å². The summed E-state index contributed by atoms with van der Waals surface area (Å²) in [6.07, 6.45) is 1.69. The maximum atomic E-state index is 13.1. The predicted octanol–water partition coefficient (Wildman–Crippen LogP) is 3.15. The van der Waals surface area contributed by atoms with Crippen LogP contribution in [-0.4, -0.2) is 34.0 Å². The van der Waals surface area contributed by atoms with E-state index in [-0.39, 0.29) is 11.7 Å². The van der Waals surface area contributed by atoms with Gasteiger partial charge < -0.3 is 10.3 Å². The first-order chi connectivity index (χ1) is 14.5. The summed E-state index contributed by atoms with van der Waals surface area (Å²) in [5.74, 6) is 0.0759. The van der Waals surface area contributed by atoms with Crippen molar-refractivity contribution in [3.63, 3.8) is 0 Å². The van der Waals surface area contributed by atoms with Crippen LogP contribution < -0.4 is 5.73 Å². The van der Waals surface area contributed by atoms with E-state index in [0.29, 0.717) is 35.9 Å². The maximum Gasteiger partial charge on any atom is 0.239 e. The Morgan fingerprint density at radius 1 is 1.23 bits per heavy atom. The minimum Gasteiger partial charge on any atom is -0.368 e. The second-order valence-corrected chi connectivity index (χ2v) is 7.34. The van der Waals surface area contributed by atoms with Crippen molar-refractivity contribution in [2.75, 3.05) is 13.1 Å². The van der Waals surface area contributed by atoms with Gasteiger partial charge in [-0.05, 0) is 61.3 Å². The zero-order valence-electron chi connectivity index (χ0n) is 16.2. The molecule has 2 N–H and O–H groups in total. The number of amides is 1. The van der Waals surface area contributed by atoms with E-state index in [2.05, 4.69) is 16.2 Å². The fourth-order valence-electron chi connectivity index (χ4n) is 3.85. The van der Waals surface area contributed by atoms with Crippen molar-refractivity contribution in [3.05, 3.63) is 71.4 Å². The van der Waals surface area contributed by atoms with Gasteiger partial charge in [-0.25, -0.2) is 4.39 Å². The molecule has 1 saturated heterocycles. The number of aromatic nitrogens is 2. The lowest BCUT2D eigenvalue weighted by Gasteiger charge is -2.35. The Balaban J connectivity index is 1.54. The Hall–Kier alpha value is -3.57. The minimum absolute atomic E-state index is 0.0410. The number of carbonyl (C=O) groups excluding carboxylic acids is 1. The molecule has 0 aliphatic carbocycles. The number of halogens is 1. The third kappa shape index (κ3) is 4.07. The molecular formula is C22H20FN5O2. The van der Waals surface area contributed by atoms with Crippen LogP contribution in [0.4, 0.5) is 4.39 Å². The normalized spacial score (nSPS) is 17.9. The number of primary amides is 1. The molecule has 4 rings (SSSR count). The summed E-state index contributed by atoms with van der Waals surface area (Å²) in [4.78, 5) is 18.7. The quantitative estimate of drug-likeness (QED) is 0.698. The Labute approximate surface area is 172 Å². The number of nitriles is 1. The van der Waals surface area contributed by atoms with E-state index in [1.54, 1.807) is 36.4 Å². The van der Waals surface area contributed by atoms with Crippen LogP contribution in [0, 0.1) is 17.1 Å². The molecule has 8 heteroatoms. The van der Waals surface area contributed by atoms with Crippen LogP contribution in [0.3, 0.4) is 0 Å². The van der Waals surface area contributed by atoms with Crippen LogP contribution in [0.1, 0.15) is 41.8 Å². The molecule has 1 aliphatic rings. The van der Waals surface area contributed by atoms with Gasteiger partial charge in [-0.15, -0.1) is 0 Å². The third-order valence-electron chi connectivity index (χ3n) is 5.34. The molecule has 7 nitrogen and oxygen atoms in total. The van der Waals surface area contributed by atoms with Crippen molar-refractivity contribution in [3.8, 4) is 17.5 Å². The molecular weight excluding hydrogens is 385 g/mol. The van der Waals surface area contributed by atoms with Crippen LogP contribution in [0.15, 0.2) is 53.1 Å². The summed E-state index contributed by atoms with van der Waals surface area (Å²) in [5, 5.41) is 13.0. The van der Waals surface area contributed by atoms with E-state index in [1.807, 2.05) is 4.90 Å². The lowest BCUT2D eigenvalue weighted by atomic mass is 9.94. The van der Waals surface area contributed by atoms with Gasteiger partial charge in [0.25, 0.3) is 0 Å². The van der Waals surface area contributed by atoms with Gasteiger partial charge in [0.15, 0.2) is 0 Å². The van der Waals surface area contributed by atoms with Crippen LogP contribution in [0.5, 0.6) is 0 Å². The summed E-state index contributed by atoms with van der Waals surface area (Å²) in [6.45, 7) is 1.25. The minimum atomic E-state index is -0.597. The number of benzene rings is 2. The van der Waals surface area contributed by atoms with Gasteiger partial charge in [0.05, 0.1) is 17.6 Å². The number of carbonyl (C=O) groups is 1. The topological polar surface area (TPSA) is 109 Å². The van der Waals surface area contributed by atoms with Crippen LogP contribution in [0.2, 0.25) is 0 Å². The molecule has 3 aromatic rings. The number of rotatable bonds is 5. The molecule has 1 aromatic heterocycles. The number of nitrogens with two attached hydrogens (primary N) is 1. The van der Waals surface area contributed by atoms with Gasteiger partial charge in [0.1, 0.15) is 11.9 Å². The molecule has 152 valence electrons. The molecule has 0 radical (unpaired) electrons. The molecule has 0 spiro atoms. The predicted molar refractivity (Wildman–Crippen MR) is 106 cm³/mol. The van der Waals surface area contributed by atoms with Gasteiger partial charge in [0, 0.05) is 12.1 Å². The fourth-order valence-corrected chi connectivity index (χ4v) is 3.85. The average molecular weight is 405 g/mol. The van der Waals surface area contributed by atoms with E-state index >= 15 is 0 Å². The lowest BCUT2D eigenvalue weighted by Crippen LogP contribution is -2.43. The zero-order valence-corrected chi connectivity index (χ0v) is 16.2. The average Bonchev–Trinajstić information content (AvgIpc) is 3.25. The van der Waals surface area contributed by atoms with Crippen molar-refractivity contribution in [2.45, 2.75) is 24.8 Å². The monoisotopic (exact) mass is 405 g/mol. The molecule has 2 unspecified atom stereocenters. The van der Waals surface area contributed by atoms with Gasteiger partial charge in [-0.1, -0.05) is 17.3 Å². The van der Waals surface area contributed by atoms with E-state index in [1.165, 1.54) is 12.1 Å². The summed E-state index contributed by atoms with van der Waals surface area (Å²) in [5.41, 5.74) is 7.67. The van der Waals surface area contributed by atoms with E-state index in [9.17, 15) is 9.18 Å². The number of hydrogen-bond donors (Lipinski definition) is 1. The van der Waals surface area contributed by atoms with Crippen LogP contribution in [0.25, 0.3) is 11.4 Å². The second kappa shape index (κ2) is 8.43. The standard InChI is InChI=1S/C22H20FN5O2/c23-18-9-7-16(8-10-18)21-26-22(30-27-21)17-2-1-11-28(13-17)19(20(25)29)15-5-3-14(12-24)4-6-15/h3-10,17,19H,1-2,11,13H2,(H2,25,29). The first-order valence-electron chi connectivity index (χ1n) is 9.68. The molecule has 0 bridgehead atoms. The summed E-state index contributed by atoms with van der Waals surface area (Å²) in [7, 11) is 0. The van der Waals surface area contributed by atoms with E-state index in [0.717, 1.165) is 18.4 Å². The summed E-state index contributed by atoms with van der Waals surface area (Å²) >= 11 is 0. The second-order valence-electron chi connectivity index (χ2n) is 7.34. The van der Waals surface area contributed by atoms with Crippen molar-refractivity contribution in [2.24, 2.45) is 5.73 Å². The summed E-state index contributed by atoms with van der Waals surface area (Å²) in [6, 6.07) is 14.3. The highest BCUT2D eigenvalue weighted by Crippen LogP contribution is 2.32. The number of nitrogens with zero attached hydrogens (tertiary/aromatic N) is 4. The Kier molecular flexibility index (Phi) is 5.55. The first-order valence-corrected chi connectivity index (χ1v) is 9.68. The van der Waals surface area contributed by atoms with Crippen LogP contribution >= 0.6 is 0 Å². The smallest absolute Gasteiger partial charge is 0.239 e. The number of hydrogen-bond acceptors (Lipinski definition) is 6. The molecule has 1 fully saturated rings. The van der Waals surface area contributed by atoms with Crippen molar-refractivity contribution >= 4 is 5.91 Å². The molecule has 1 amide bonds. The molecule has 2 aromatic carbocycles. The SMILES string of the molecule is N#Cc1ccc(C(C(N)=O)N2CCCC(c3nc(-c4ccc(F)cc4)no3)C2)cc1. The van der Waals surface area contributed by atoms with Crippen molar-refractivity contribution < 1.29 is 13.7 Å². The highest BCUT2D eigenvalue weighted by atomic mass is 19.1. The lowest BCUT2D eigenvalue weighted by molar-refractivity contribution is -0.124. The molecule has 2 atom stereocenters. The van der Waals surface area contributed by atoms with Crippen molar-refractivity contribution in [1.82, 2.24) is 15.0 Å². The van der Waals surface area contributed by atoms with E-state index in [4.69, 9.17) is 15.5 Å². The molecule has 2 heterocycles. The van der Waals surface area contributed by atoms with Crippen molar-refractivity contribution in [1.29, 1.82) is 5.26 Å². The largest absolute Gasteiger partial charge is 0.368 e. The van der Waals surface area contributed by atoms with Gasteiger partial charge in [-0.2, -0.15) is 10.2 Å². The molecule has 0 saturated carbocycles. The highest BCUT2D eigenvalue weighted by Gasteiger charge is 2.33. The molecule has 1 aliphatic heterocycles. The summed E-state index contributed by atoms with van der Waals surface area (Å²) < 4.78 is 18.6. The highest BCUT2D eigenvalue weighted by molar-refractivity contribution is 5.81. The Morgan fingerprint density at radius 3 is 2.63 bits per heavy atom. The maximum absolute atomic E-state index is 13.1. The fraction of sp³-hybridized carbons (Fsp3) is 0.273. The Morgan fingerprint density at radius 2 is 1.97 bits per heavy atom. The number of piperidine rings is 1. The third-order valence-corrected chi connectivity index (χ3v) is 5.34. The zero-order chi connectivity index (χ0) is 21.1. The van der Waals surface area contributed by atoms with Crippen LogP contribution in [-0.2, 0) is 4.79 Å². The van der Waals surface area contributed by atoms with E-state index < -0.39 is 11.9 Å². The first kappa shape index (κ1) is 19.7.